The van der Waals surface area contributed by atoms with Crippen LogP contribution in [0, 0.1) is 23.2 Å². The molecule has 1 heterocycles. The second kappa shape index (κ2) is 3.28. The fourth-order valence-corrected chi connectivity index (χ4v) is 2.67. The lowest BCUT2D eigenvalue weighted by molar-refractivity contribution is 0.122. The lowest BCUT2D eigenvalue weighted by Gasteiger charge is -2.19. The Morgan fingerprint density at radius 1 is 1.46 bits per heavy atom. The molecule has 2 rings (SSSR count). The van der Waals surface area contributed by atoms with E-state index in [0.29, 0.717) is 11.8 Å². The van der Waals surface area contributed by atoms with E-state index in [9.17, 15) is 5.11 Å². The minimum absolute atomic E-state index is 0.0119. The number of hydrogen-bond donors (Lipinski definition) is 1. The molecule has 0 radical (unpaired) electrons. The first-order valence-electron chi connectivity index (χ1n) is 5.04. The van der Waals surface area contributed by atoms with E-state index in [1.165, 1.54) is 0 Å². The number of likely N-dealkylation sites (tertiary alicyclic amines) is 1. The van der Waals surface area contributed by atoms with Gasteiger partial charge in [0, 0.05) is 19.0 Å². The number of nitriles is 1. The van der Waals surface area contributed by atoms with Gasteiger partial charge in [0.2, 0.25) is 0 Å². The van der Waals surface area contributed by atoms with Crippen molar-refractivity contribution in [3.63, 3.8) is 0 Å². The van der Waals surface area contributed by atoms with E-state index in [2.05, 4.69) is 11.0 Å². The Morgan fingerprint density at radius 2 is 2.23 bits per heavy atom. The van der Waals surface area contributed by atoms with Crippen molar-refractivity contribution in [2.24, 2.45) is 11.8 Å². The molecule has 1 aliphatic heterocycles. The van der Waals surface area contributed by atoms with Crippen molar-refractivity contribution in [3.8, 4) is 6.07 Å². The molecule has 0 spiro atoms. The normalized spacial score (nSPS) is 41.5. The van der Waals surface area contributed by atoms with E-state index >= 15 is 0 Å². The molecule has 13 heavy (non-hydrogen) atoms. The Labute approximate surface area is 79.0 Å². The number of hydrogen-bond acceptors (Lipinski definition) is 3. The molecule has 0 aromatic rings. The first kappa shape index (κ1) is 8.98. The van der Waals surface area contributed by atoms with Crippen molar-refractivity contribution in [2.75, 3.05) is 13.1 Å². The van der Waals surface area contributed by atoms with Crippen LogP contribution in [-0.2, 0) is 0 Å². The van der Waals surface area contributed by atoms with E-state index in [4.69, 9.17) is 5.26 Å². The molecular formula is C10H16N2O. The van der Waals surface area contributed by atoms with Crippen molar-refractivity contribution >= 4 is 0 Å². The van der Waals surface area contributed by atoms with Gasteiger partial charge in [0.15, 0.2) is 0 Å². The van der Waals surface area contributed by atoms with Gasteiger partial charge in [-0.3, -0.25) is 4.90 Å². The third-order valence-corrected chi connectivity index (χ3v) is 3.58. The quantitative estimate of drug-likeness (QED) is 0.643. The predicted octanol–water partition coefficient (Wildman–Crippen LogP) is 0.601. The molecule has 1 aliphatic carbocycles. The highest BCUT2D eigenvalue weighted by Crippen LogP contribution is 2.38. The molecular weight excluding hydrogens is 164 g/mol. The highest BCUT2D eigenvalue weighted by atomic mass is 16.3. The third-order valence-electron chi connectivity index (χ3n) is 3.58. The van der Waals surface area contributed by atoms with E-state index in [0.717, 1.165) is 25.9 Å². The van der Waals surface area contributed by atoms with E-state index in [1.807, 2.05) is 6.92 Å². The summed E-state index contributed by atoms with van der Waals surface area (Å²) in [4.78, 5) is 2.19. The summed E-state index contributed by atoms with van der Waals surface area (Å²) in [7, 11) is 0. The highest BCUT2D eigenvalue weighted by molar-refractivity contribution is 4.99. The molecule has 2 fully saturated rings. The summed E-state index contributed by atoms with van der Waals surface area (Å²) < 4.78 is 0. The summed E-state index contributed by atoms with van der Waals surface area (Å²) in [6.45, 7) is 3.87. The fraction of sp³-hybridized carbons (Fsp3) is 0.900. The summed E-state index contributed by atoms with van der Waals surface area (Å²) in [5.41, 5.74) is 0. The average Bonchev–Trinajstić information content (AvgIpc) is 2.67. The van der Waals surface area contributed by atoms with E-state index in [1.54, 1.807) is 0 Å². The monoisotopic (exact) mass is 180 g/mol. The maximum absolute atomic E-state index is 9.66. The van der Waals surface area contributed by atoms with Gasteiger partial charge in [-0.1, -0.05) is 0 Å². The van der Waals surface area contributed by atoms with Gasteiger partial charge in [-0.15, -0.1) is 0 Å². The average molecular weight is 180 g/mol. The SMILES string of the molecule is CC(C#N)N1CC2CCC(O)C2C1. The fourth-order valence-electron chi connectivity index (χ4n) is 2.67. The van der Waals surface area contributed by atoms with Gasteiger partial charge in [-0.05, 0) is 25.7 Å². The molecule has 4 atom stereocenters. The zero-order valence-corrected chi connectivity index (χ0v) is 7.98. The summed E-state index contributed by atoms with van der Waals surface area (Å²) in [6.07, 6.45) is 1.99. The zero-order chi connectivity index (χ0) is 9.42. The predicted molar refractivity (Wildman–Crippen MR) is 48.9 cm³/mol. The molecule has 72 valence electrons. The minimum atomic E-state index is -0.110. The van der Waals surface area contributed by atoms with Gasteiger partial charge in [0.05, 0.1) is 18.2 Å². The van der Waals surface area contributed by atoms with Crippen molar-refractivity contribution < 1.29 is 5.11 Å². The van der Waals surface area contributed by atoms with Crippen LogP contribution in [0.25, 0.3) is 0 Å². The molecule has 0 aromatic heterocycles. The Kier molecular flexibility index (Phi) is 2.27. The number of aliphatic hydroxyl groups excluding tert-OH is 1. The van der Waals surface area contributed by atoms with Crippen LogP contribution in [0.5, 0.6) is 0 Å². The van der Waals surface area contributed by atoms with Crippen LogP contribution in [0.1, 0.15) is 19.8 Å². The topological polar surface area (TPSA) is 47.3 Å². The molecule has 0 bridgehead atoms. The third kappa shape index (κ3) is 1.45. The number of rotatable bonds is 1. The summed E-state index contributed by atoms with van der Waals surface area (Å²) >= 11 is 0. The molecule has 1 N–H and O–H groups in total. The van der Waals surface area contributed by atoms with Crippen LogP contribution < -0.4 is 0 Å². The minimum Gasteiger partial charge on any atom is -0.393 e. The molecule has 3 nitrogen and oxygen atoms in total. The Balaban J connectivity index is 1.99. The van der Waals surface area contributed by atoms with Gasteiger partial charge in [0.1, 0.15) is 0 Å². The van der Waals surface area contributed by atoms with Crippen molar-refractivity contribution in [1.29, 1.82) is 5.26 Å². The maximum atomic E-state index is 9.66. The summed E-state index contributed by atoms with van der Waals surface area (Å²) in [6, 6.07) is 2.27. The van der Waals surface area contributed by atoms with Crippen molar-refractivity contribution in [2.45, 2.75) is 31.9 Å². The second-order valence-electron chi connectivity index (χ2n) is 4.33. The summed E-state index contributed by atoms with van der Waals surface area (Å²) in [5, 5.41) is 18.4. The van der Waals surface area contributed by atoms with Gasteiger partial charge < -0.3 is 5.11 Å². The largest absolute Gasteiger partial charge is 0.393 e. The zero-order valence-electron chi connectivity index (χ0n) is 7.98. The number of nitrogens with zero attached hydrogens (tertiary/aromatic N) is 2. The van der Waals surface area contributed by atoms with Crippen LogP contribution in [0.4, 0.5) is 0 Å². The smallest absolute Gasteiger partial charge is 0.0949 e. The van der Waals surface area contributed by atoms with Crippen molar-refractivity contribution in [1.82, 2.24) is 4.90 Å². The first-order chi connectivity index (χ1) is 6.22. The molecule has 2 aliphatic rings. The lowest BCUT2D eigenvalue weighted by atomic mass is 10.00. The van der Waals surface area contributed by atoms with E-state index in [-0.39, 0.29) is 12.1 Å². The highest BCUT2D eigenvalue weighted by Gasteiger charge is 2.42. The van der Waals surface area contributed by atoms with E-state index < -0.39 is 0 Å². The Hall–Kier alpha value is -0.590. The van der Waals surface area contributed by atoms with Crippen LogP contribution in [0.15, 0.2) is 0 Å². The number of aliphatic hydroxyl groups is 1. The summed E-state index contributed by atoms with van der Waals surface area (Å²) in [5.74, 6) is 1.08. The first-order valence-corrected chi connectivity index (χ1v) is 5.04. The maximum Gasteiger partial charge on any atom is 0.0949 e. The van der Waals surface area contributed by atoms with Crippen LogP contribution in [0.2, 0.25) is 0 Å². The molecule has 0 amide bonds. The van der Waals surface area contributed by atoms with Gasteiger partial charge in [0.25, 0.3) is 0 Å². The Bertz CT molecular complexity index is 236. The molecule has 1 saturated heterocycles. The van der Waals surface area contributed by atoms with Crippen molar-refractivity contribution in [3.05, 3.63) is 0 Å². The molecule has 3 heteroatoms. The molecule has 4 unspecified atom stereocenters. The van der Waals surface area contributed by atoms with Crippen LogP contribution in [-0.4, -0.2) is 35.2 Å². The van der Waals surface area contributed by atoms with Crippen LogP contribution >= 0.6 is 0 Å². The number of fused-ring (bicyclic) bond motifs is 1. The van der Waals surface area contributed by atoms with Gasteiger partial charge >= 0.3 is 0 Å². The molecule has 1 saturated carbocycles. The van der Waals surface area contributed by atoms with Crippen LogP contribution in [0.3, 0.4) is 0 Å². The lowest BCUT2D eigenvalue weighted by Crippen LogP contribution is -2.31. The Morgan fingerprint density at radius 3 is 2.85 bits per heavy atom. The molecule has 0 aromatic carbocycles. The van der Waals surface area contributed by atoms with Gasteiger partial charge in [-0.25, -0.2) is 0 Å². The standard InChI is InChI=1S/C10H16N2O/c1-7(4-11)12-5-8-2-3-10(13)9(8)6-12/h7-10,13H,2-3,5-6H2,1H3. The van der Waals surface area contributed by atoms with Gasteiger partial charge in [-0.2, -0.15) is 5.26 Å². The second-order valence-corrected chi connectivity index (χ2v) is 4.33.